The average Bonchev–Trinajstić information content (AvgIpc) is 2.89. The molecule has 3 rings (SSSR count). The lowest BCUT2D eigenvalue weighted by Gasteiger charge is -2.01. The maximum Gasteiger partial charge on any atom is 0.280 e. The number of rotatable bonds is 4. The van der Waals surface area contributed by atoms with Crippen molar-refractivity contribution in [2.24, 2.45) is 4.99 Å². The zero-order valence-corrected chi connectivity index (χ0v) is 14.8. The van der Waals surface area contributed by atoms with Crippen LogP contribution < -0.4 is 5.56 Å². The van der Waals surface area contributed by atoms with Crippen LogP contribution in [-0.4, -0.2) is 20.9 Å². The summed E-state index contributed by atoms with van der Waals surface area (Å²) in [6.45, 7) is 3.74. The Bertz CT molecular complexity index is 1070. The molecule has 1 N–H and O–H groups in total. The highest BCUT2D eigenvalue weighted by molar-refractivity contribution is 6.33. The van der Waals surface area contributed by atoms with Crippen LogP contribution in [0.4, 0.5) is 11.4 Å². The van der Waals surface area contributed by atoms with E-state index in [2.05, 4.69) is 10.1 Å². The number of nitro benzene ring substituents is 1. The average molecular weight is 371 g/mol. The monoisotopic (exact) mass is 370 g/mol. The van der Waals surface area contributed by atoms with Crippen LogP contribution in [-0.2, 0) is 0 Å². The van der Waals surface area contributed by atoms with Crippen molar-refractivity contribution in [3.8, 4) is 5.69 Å². The minimum atomic E-state index is -0.532. The molecule has 0 aliphatic carbocycles. The predicted octanol–water partition coefficient (Wildman–Crippen LogP) is 4.09. The molecule has 0 saturated carbocycles. The highest BCUT2D eigenvalue weighted by atomic mass is 35.5. The summed E-state index contributed by atoms with van der Waals surface area (Å²) in [6, 6.07) is 11.5. The van der Waals surface area contributed by atoms with Crippen LogP contribution in [0.3, 0.4) is 0 Å². The Labute approximate surface area is 153 Å². The summed E-state index contributed by atoms with van der Waals surface area (Å²) in [7, 11) is 0. The van der Waals surface area contributed by atoms with Crippen molar-refractivity contribution in [1.82, 2.24) is 9.78 Å². The van der Waals surface area contributed by atoms with Crippen LogP contribution in [0.15, 0.2) is 52.3 Å². The van der Waals surface area contributed by atoms with Gasteiger partial charge in [0, 0.05) is 24.0 Å². The first-order chi connectivity index (χ1) is 12.4. The first-order valence-electron chi connectivity index (χ1n) is 7.73. The molecule has 0 atom stereocenters. The van der Waals surface area contributed by atoms with Gasteiger partial charge in [0.2, 0.25) is 0 Å². The predicted molar refractivity (Wildman–Crippen MR) is 101 cm³/mol. The summed E-state index contributed by atoms with van der Waals surface area (Å²) in [5.41, 5.74) is 2.84. The Kier molecular flexibility index (Phi) is 4.73. The number of aromatic nitrogens is 2. The van der Waals surface area contributed by atoms with Crippen LogP contribution in [0.5, 0.6) is 0 Å². The highest BCUT2D eigenvalue weighted by Gasteiger charge is 2.12. The molecule has 0 spiro atoms. The van der Waals surface area contributed by atoms with E-state index in [9.17, 15) is 14.9 Å². The number of nitrogens with one attached hydrogen (secondary N) is 1. The van der Waals surface area contributed by atoms with Gasteiger partial charge < -0.3 is 0 Å². The fourth-order valence-electron chi connectivity index (χ4n) is 2.44. The largest absolute Gasteiger partial charge is 0.295 e. The van der Waals surface area contributed by atoms with Crippen LogP contribution in [0.1, 0.15) is 16.8 Å². The summed E-state index contributed by atoms with van der Waals surface area (Å²) in [4.78, 5) is 27.1. The van der Waals surface area contributed by atoms with Crippen LogP contribution in [0, 0.1) is 24.0 Å². The number of aromatic amines is 1. The molecule has 0 fully saturated rings. The number of nitro groups is 1. The molecular formula is C18H15ClN4O3. The smallest absolute Gasteiger partial charge is 0.280 e. The summed E-state index contributed by atoms with van der Waals surface area (Å²) < 4.78 is 1.44. The van der Waals surface area contributed by atoms with Gasteiger partial charge in [-0.25, -0.2) is 4.68 Å². The zero-order chi connectivity index (χ0) is 18.8. The van der Waals surface area contributed by atoms with Crippen molar-refractivity contribution >= 4 is 29.2 Å². The number of H-pyrrole nitrogens is 1. The molecule has 2 aromatic carbocycles. The van der Waals surface area contributed by atoms with Crippen molar-refractivity contribution < 1.29 is 4.92 Å². The van der Waals surface area contributed by atoms with E-state index in [1.807, 2.05) is 31.2 Å². The third kappa shape index (κ3) is 3.43. The van der Waals surface area contributed by atoms with E-state index in [-0.39, 0.29) is 16.3 Å². The third-order valence-electron chi connectivity index (χ3n) is 3.88. The maximum atomic E-state index is 12.6. The van der Waals surface area contributed by atoms with Crippen molar-refractivity contribution in [1.29, 1.82) is 0 Å². The lowest BCUT2D eigenvalue weighted by atomic mass is 10.2. The second-order valence-corrected chi connectivity index (χ2v) is 6.18. The number of hydrogen-bond acceptors (Lipinski definition) is 4. The first kappa shape index (κ1) is 17.6. The summed E-state index contributed by atoms with van der Waals surface area (Å²) in [6.07, 6.45) is 1.41. The van der Waals surface area contributed by atoms with Gasteiger partial charge in [0.25, 0.3) is 11.2 Å². The highest BCUT2D eigenvalue weighted by Crippen LogP contribution is 2.28. The minimum Gasteiger partial charge on any atom is -0.295 e. The molecule has 1 heterocycles. The minimum absolute atomic E-state index is 0.117. The van der Waals surface area contributed by atoms with E-state index in [1.54, 1.807) is 6.92 Å². The Morgan fingerprint density at radius 1 is 1.19 bits per heavy atom. The van der Waals surface area contributed by atoms with Crippen molar-refractivity contribution in [3.05, 3.63) is 84.8 Å². The number of benzene rings is 2. The summed E-state index contributed by atoms with van der Waals surface area (Å²) >= 11 is 6.03. The molecule has 0 aliphatic rings. The van der Waals surface area contributed by atoms with E-state index in [0.717, 1.165) is 11.3 Å². The van der Waals surface area contributed by atoms with E-state index >= 15 is 0 Å². The molecule has 0 bridgehead atoms. The number of hydrogen-bond donors (Lipinski definition) is 1. The second kappa shape index (κ2) is 6.97. The fraction of sp³-hybridized carbons (Fsp3) is 0.111. The summed E-state index contributed by atoms with van der Waals surface area (Å²) in [5, 5.41) is 13.9. The Hall–Kier alpha value is -3.19. The second-order valence-electron chi connectivity index (χ2n) is 5.78. The zero-order valence-electron chi connectivity index (χ0n) is 14.1. The molecule has 0 aliphatic heterocycles. The Morgan fingerprint density at radius 3 is 2.50 bits per heavy atom. The maximum absolute atomic E-state index is 12.6. The number of aryl methyl sites for hydroxylation is 2. The van der Waals surface area contributed by atoms with Crippen LogP contribution in [0.2, 0.25) is 5.02 Å². The summed E-state index contributed by atoms with van der Waals surface area (Å²) in [5.74, 6) is 0. The third-order valence-corrected chi connectivity index (χ3v) is 4.19. The van der Waals surface area contributed by atoms with Gasteiger partial charge in [0.1, 0.15) is 0 Å². The van der Waals surface area contributed by atoms with Gasteiger partial charge in [-0.15, -0.1) is 0 Å². The van der Waals surface area contributed by atoms with E-state index in [0.29, 0.717) is 16.9 Å². The van der Waals surface area contributed by atoms with Gasteiger partial charge in [0.15, 0.2) is 0 Å². The van der Waals surface area contributed by atoms with Gasteiger partial charge >= 0.3 is 0 Å². The van der Waals surface area contributed by atoms with E-state index < -0.39 is 4.92 Å². The molecule has 26 heavy (non-hydrogen) atoms. The fourth-order valence-corrected chi connectivity index (χ4v) is 2.66. The SMILES string of the molecule is Cc1ccc(-n2[nH]c(C)c(C=Nc3ccc([N+](=O)[O-])cc3Cl)c2=O)cc1. The van der Waals surface area contributed by atoms with Gasteiger partial charge in [0.05, 0.1) is 26.9 Å². The van der Waals surface area contributed by atoms with E-state index in [1.165, 1.54) is 29.1 Å². The van der Waals surface area contributed by atoms with E-state index in [4.69, 9.17) is 11.6 Å². The number of non-ortho nitro benzene ring substituents is 1. The molecule has 7 nitrogen and oxygen atoms in total. The Balaban J connectivity index is 1.96. The molecule has 132 valence electrons. The normalized spacial score (nSPS) is 11.2. The topological polar surface area (TPSA) is 93.3 Å². The molecule has 0 unspecified atom stereocenters. The van der Waals surface area contributed by atoms with Gasteiger partial charge in [-0.2, -0.15) is 0 Å². The van der Waals surface area contributed by atoms with Crippen molar-refractivity contribution in [2.45, 2.75) is 13.8 Å². The molecule has 1 aromatic heterocycles. The quantitative estimate of drug-likeness (QED) is 0.425. The first-order valence-corrected chi connectivity index (χ1v) is 8.11. The van der Waals surface area contributed by atoms with Gasteiger partial charge in [-0.3, -0.25) is 25.0 Å². The van der Waals surface area contributed by atoms with Crippen LogP contribution >= 0.6 is 11.6 Å². The van der Waals surface area contributed by atoms with Gasteiger partial charge in [-0.05, 0) is 32.0 Å². The lowest BCUT2D eigenvalue weighted by Crippen LogP contribution is -2.17. The molecule has 8 heteroatoms. The molecule has 0 radical (unpaired) electrons. The number of nitrogens with zero attached hydrogens (tertiary/aromatic N) is 3. The Morgan fingerprint density at radius 2 is 1.88 bits per heavy atom. The lowest BCUT2D eigenvalue weighted by molar-refractivity contribution is -0.384. The molecular weight excluding hydrogens is 356 g/mol. The molecule has 3 aromatic rings. The number of aliphatic imine (C=N–C) groups is 1. The van der Waals surface area contributed by atoms with Gasteiger partial charge in [-0.1, -0.05) is 29.3 Å². The standard InChI is InChI=1S/C18H15ClN4O3/c1-11-3-5-13(6-4-11)22-18(24)15(12(2)21-22)10-20-17-8-7-14(23(25)26)9-16(17)19/h3-10,21H,1-2H3. The molecule has 0 amide bonds. The molecule has 0 saturated heterocycles. The van der Waals surface area contributed by atoms with Crippen molar-refractivity contribution in [3.63, 3.8) is 0 Å². The van der Waals surface area contributed by atoms with Crippen LogP contribution in [0.25, 0.3) is 5.69 Å². The van der Waals surface area contributed by atoms with Crippen molar-refractivity contribution in [2.75, 3.05) is 0 Å². The number of halogens is 1.